The molecule has 2 aromatic heterocycles. The van der Waals surface area contributed by atoms with E-state index in [1.807, 2.05) is 16.7 Å². The fourth-order valence-electron chi connectivity index (χ4n) is 4.12. The molecule has 1 N–H and O–H groups in total. The maximum Gasteiger partial charge on any atom is 0.137 e. The number of ether oxygens (including phenoxy) is 1. The number of halogens is 1. The number of imidazole rings is 1. The first kappa shape index (κ1) is 20.2. The van der Waals surface area contributed by atoms with Crippen molar-refractivity contribution in [3.8, 4) is 17.0 Å². The zero-order valence-corrected chi connectivity index (χ0v) is 17.7. The summed E-state index contributed by atoms with van der Waals surface area (Å²) in [5, 5.41) is 10.3. The second kappa shape index (κ2) is 9.16. The summed E-state index contributed by atoms with van der Waals surface area (Å²) >= 11 is 6.31. The average molecular weight is 414 g/mol. The van der Waals surface area contributed by atoms with Gasteiger partial charge in [0.25, 0.3) is 0 Å². The number of methoxy groups -OCH3 is 1. The van der Waals surface area contributed by atoms with Gasteiger partial charge in [-0.2, -0.15) is 0 Å². The van der Waals surface area contributed by atoms with Gasteiger partial charge in [-0.05, 0) is 80.7 Å². The van der Waals surface area contributed by atoms with E-state index in [0.29, 0.717) is 10.8 Å². The Balaban J connectivity index is 1.52. The van der Waals surface area contributed by atoms with Crippen LogP contribution in [0.3, 0.4) is 0 Å². The Hall–Kier alpha value is -2.08. The summed E-state index contributed by atoms with van der Waals surface area (Å²) in [7, 11) is 1.57. The van der Waals surface area contributed by atoms with Gasteiger partial charge in [-0.15, -0.1) is 0 Å². The SMILES string of the molecule is COc1cc(CO)c(-c2cn3ccc(CCCN4CCCCC4)cc3n2)cc1Cl. The Kier molecular flexibility index (Phi) is 6.38. The molecule has 3 aromatic rings. The lowest BCUT2D eigenvalue weighted by Gasteiger charge is -2.26. The molecule has 0 saturated carbocycles. The van der Waals surface area contributed by atoms with Crippen molar-refractivity contribution in [2.75, 3.05) is 26.7 Å². The van der Waals surface area contributed by atoms with Gasteiger partial charge in [0.05, 0.1) is 24.4 Å². The number of benzene rings is 1. The number of nitrogens with zero attached hydrogens (tertiary/aromatic N) is 3. The molecule has 1 aliphatic heterocycles. The van der Waals surface area contributed by atoms with Crippen molar-refractivity contribution in [1.29, 1.82) is 0 Å². The lowest BCUT2D eigenvalue weighted by atomic mass is 10.1. The summed E-state index contributed by atoms with van der Waals surface area (Å²) in [4.78, 5) is 7.37. The van der Waals surface area contributed by atoms with Gasteiger partial charge in [-0.25, -0.2) is 4.98 Å². The second-order valence-corrected chi connectivity index (χ2v) is 8.14. The number of aliphatic hydroxyl groups excluding tert-OH is 1. The van der Waals surface area contributed by atoms with Crippen molar-refractivity contribution >= 4 is 17.2 Å². The molecular weight excluding hydrogens is 386 g/mol. The number of pyridine rings is 1. The predicted octanol–water partition coefficient (Wildman–Crippen LogP) is 4.57. The van der Waals surface area contributed by atoms with Crippen molar-refractivity contribution in [1.82, 2.24) is 14.3 Å². The van der Waals surface area contributed by atoms with Crippen LogP contribution in [0.4, 0.5) is 0 Å². The molecule has 0 unspecified atom stereocenters. The Morgan fingerprint density at radius 2 is 2.00 bits per heavy atom. The number of aromatic nitrogens is 2. The van der Waals surface area contributed by atoms with Crippen molar-refractivity contribution in [2.45, 2.75) is 38.7 Å². The van der Waals surface area contributed by atoms with Crippen molar-refractivity contribution < 1.29 is 9.84 Å². The van der Waals surface area contributed by atoms with Crippen LogP contribution in [0.25, 0.3) is 16.9 Å². The Labute approximate surface area is 176 Å². The molecule has 0 aliphatic carbocycles. The molecule has 154 valence electrons. The van der Waals surface area contributed by atoms with Crippen LogP contribution in [0.15, 0.2) is 36.7 Å². The van der Waals surface area contributed by atoms with Crippen LogP contribution in [0.1, 0.15) is 36.8 Å². The van der Waals surface area contributed by atoms with Crippen LogP contribution in [-0.4, -0.2) is 46.1 Å². The quantitative estimate of drug-likeness (QED) is 0.616. The highest BCUT2D eigenvalue weighted by Gasteiger charge is 2.14. The van der Waals surface area contributed by atoms with Crippen molar-refractivity contribution in [2.24, 2.45) is 0 Å². The Morgan fingerprint density at radius 1 is 1.17 bits per heavy atom. The summed E-state index contributed by atoms with van der Waals surface area (Å²) in [6.07, 6.45) is 10.3. The number of fused-ring (bicyclic) bond motifs is 1. The number of likely N-dealkylation sites (tertiary alicyclic amines) is 1. The maximum atomic E-state index is 9.78. The zero-order chi connectivity index (χ0) is 20.2. The van der Waals surface area contributed by atoms with Crippen LogP contribution in [-0.2, 0) is 13.0 Å². The van der Waals surface area contributed by atoms with Gasteiger partial charge in [-0.1, -0.05) is 18.0 Å². The molecule has 4 rings (SSSR count). The first-order valence-corrected chi connectivity index (χ1v) is 10.7. The number of aryl methyl sites for hydroxylation is 1. The monoisotopic (exact) mass is 413 g/mol. The third kappa shape index (κ3) is 4.58. The summed E-state index contributed by atoms with van der Waals surface area (Å²) in [6, 6.07) is 7.91. The van der Waals surface area contributed by atoms with E-state index in [1.54, 1.807) is 13.2 Å². The summed E-state index contributed by atoms with van der Waals surface area (Å²) in [5.74, 6) is 0.555. The predicted molar refractivity (Wildman–Crippen MR) is 117 cm³/mol. The van der Waals surface area contributed by atoms with E-state index in [9.17, 15) is 5.11 Å². The summed E-state index contributed by atoms with van der Waals surface area (Å²) < 4.78 is 7.28. The second-order valence-electron chi connectivity index (χ2n) is 7.73. The van der Waals surface area contributed by atoms with Crippen LogP contribution < -0.4 is 4.74 Å². The molecule has 0 spiro atoms. The average Bonchev–Trinajstić information content (AvgIpc) is 3.17. The molecule has 3 heterocycles. The van der Waals surface area contributed by atoms with Crippen LogP contribution in [0.2, 0.25) is 5.02 Å². The lowest BCUT2D eigenvalue weighted by molar-refractivity contribution is 0.226. The molecule has 5 nitrogen and oxygen atoms in total. The van der Waals surface area contributed by atoms with E-state index < -0.39 is 0 Å². The topological polar surface area (TPSA) is 50.0 Å². The highest BCUT2D eigenvalue weighted by Crippen LogP contribution is 2.33. The van der Waals surface area contributed by atoms with Gasteiger partial charge in [0.1, 0.15) is 11.4 Å². The minimum atomic E-state index is -0.0987. The van der Waals surface area contributed by atoms with E-state index in [0.717, 1.165) is 28.9 Å². The zero-order valence-electron chi connectivity index (χ0n) is 16.9. The fraction of sp³-hybridized carbons (Fsp3) is 0.435. The van der Waals surface area contributed by atoms with Gasteiger partial charge < -0.3 is 19.1 Å². The molecular formula is C23H28ClN3O2. The van der Waals surface area contributed by atoms with Crippen LogP contribution in [0.5, 0.6) is 5.75 Å². The van der Waals surface area contributed by atoms with E-state index in [-0.39, 0.29) is 6.61 Å². The van der Waals surface area contributed by atoms with E-state index in [1.165, 1.54) is 50.9 Å². The Bertz CT molecular complexity index is 980. The molecule has 1 saturated heterocycles. The number of piperidine rings is 1. The molecule has 6 heteroatoms. The maximum absolute atomic E-state index is 9.78. The minimum absolute atomic E-state index is 0.0987. The Morgan fingerprint density at radius 3 is 2.76 bits per heavy atom. The van der Waals surface area contributed by atoms with Gasteiger partial charge >= 0.3 is 0 Å². The van der Waals surface area contributed by atoms with E-state index in [4.69, 9.17) is 21.3 Å². The highest BCUT2D eigenvalue weighted by molar-refractivity contribution is 6.32. The molecule has 0 radical (unpaired) electrons. The fourth-order valence-corrected chi connectivity index (χ4v) is 4.36. The molecule has 29 heavy (non-hydrogen) atoms. The molecule has 0 amide bonds. The van der Waals surface area contributed by atoms with Gasteiger partial charge in [0.15, 0.2) is 0 Å². The normalized spacial score (nSPS) is 15.1. The first-order valence-electron chi connectivity index (χ1n) is 10.4. The molecule has 0 bridgehead atoms. The van der Waals surface area contributed by atoms with Gasteiger partial charge in [0.2, 0.25) is 0 Å². The lowest BCUT2D eigenvalue weighted by Crippen LogP contribution is -2.30. The smallest absolute Gasteiger partial charge is 0.137 e. The number of hydrogen-bond donors (Lipinski definition) is 1. The van der Waals surface area contributed by atoms with E-state index in [2.05, 4.69) is 23.2 Å². The summed E-state index contributed by atoms with van der Waals surface area (Å²) in [5.41, 5.74) is 4.59. The van der Waals surface area contributed by atoms with Crippen LogP contribution in [0, 0.1) is 0 Å². The number of aliphatic hydroxyl groups is 1. The minimum Gasteiger partial charge on any atom is -0.495 e. The molecule has 1 aromatic carbocycles. The number of hydrogen-bond acceptors (Lipinski definition) is 4. The largest absolute Gasteiger partial charge is 0.495 e. The third-order valence-electron chi connectivity index (χ3n) is 5.74. The number of rotatable bonds is 7. The van der Waals surface area contributed by atoms with Gasteiger partial charge in [0, 0.05) is 18.0 Å². The van der Waals surface area contributed by atoms with Gasteiger partial charge in [-0.3, -0.25) is 0 Å². The summed E-state index contributed by atoms with van der Waals surface area (Å²) in [6.45, 7) is 3.58. The van der Waals surface area contributed by atoms with Crippen molar-refractivity contribution in [3.63, 3.8) is 0 Å². The molecule has 1 fully saturated rings. The highest BCUT2D eigenvalue weighted by atomic mass is 35.5. The first-order chi connectivity index (χ1) is 14.2. The third-order valence-corrected chi connectivity index (χ3v) is 6.03. The van der Waals surface area contributed by atoms with Crippen LogP contribution >= 0.6 is 11.6 Å². The molecule has 1 aliphatic rings. The van der Waals surface area contributed by atoms with Crippen molar-refractivity contribution in [3.05, 3.63) is 52.8 Å². The van der Waals surface area contributed by atoms with E-state index >= 15 is 0 Å². The molecule has 0 atom stereocenters. The standard InChI is InChI=1S/C23H28ClN3O2/c1-29-22-13-18(16-28)19(14-20(22)24)21-15-27-11-7-17(12-23(27)25-21)6-5-10-26-8-3-2-4-9-26/h7,11-15,28H,2-6,8-10,16H2,1H3.